The highest BCUT2D eigenvalue weighted by molar-refractivity contribution is 5.78. The van der Waals surface area contributed by atoms with Gasteiger partial charge in [0.15, 0.2) is 0 Å². The number of hydrogen-bond acceptors (Lipinski definition) is 1. The maximum Gasteiger partial charge on any atom is 0.00609 e. The average molecular weight is 141 g/mol. The van der Waals surface area contributed by atoms with Crippen molar-refractivity contribution in [2.45, 2.75) is 40.5 Å². The van der Waals surface area contributed by atoms with Crippen molar-refractivity contribution in [3.05, 3.63) is 0 Å². The zero-order chi connectivity index (χ0) is 8.15. The second-order valence-electron chi connectivity index (χ2n) is 3.35. The third-order valence-electron chi connectivity index (χ3n) is 2.24. The van der Waals surface area contributed by atoms with Crippen molar-refractivity contribution in [1.82, 2.24) is 0 Å². The number of rotatable bonds is 4. The van der Waals surface area contributed by atoms with E-state index in [1.807, 2.05) is 6.92 Å². The Kier molecular flexibility index (Phi) is 4.33. The number of nitrogens with one attached hydrogen (secondary N) is 1. The van der Waals surface area contributed by atoms with Gasteiger partial charge in [0.25, 0.3) is 0 Å². The molecular formula is C9H19N. The van der Waals surface area contributed by atoms with E-state index in [2.05, 4.69) is 20.8 Å². The van der Waals surface area contributed by atoms with Gasteiger partial charge in [0, 0.05) is 5.71 Å². The van der Waals surface area contributed by atoms with Crippen LogP contribution >= 0.6 is 0 Å². The van der Waals surface area contributed by atoms with Crippen LogP contribution in [0.2, 0.25) is 0 Å². The minimum Gasteiger partial charge on any atom is -0.310 e. The van der Waals surface area contributed by atoms with Crippen LogP contribution in [0.5, 0.6) is 0 Å². The molecule has 0 aromatic rings. The lowest BCUT2D eigenvalue weighted by Gasteiger charge is -2.16. The Labute approximate surface area is 64.3 Å². The highest BCUT2D eigenvalue weighted by atomic mass is 14.4. The number of hydrogen-bond donors (Lipinski definition) is 1. The summed E-state index contributed by atoms with van der Waals surface area (Å²) in [6, 6.07) is 0. The van der Waals surface area contributed by atoms with Gasteiger partial charge in [-0.25, -0.2) is 0 Å². The van der Waals surface area contributed by atoms with Gasteiger partial charge < -0.3 is 5.41 Å². The van der Waals surface area contributed by atoms with E-state index in [0.717, 1.165) is 18.1 Å². The lowest BCUT2D eigenvalue weighted by Crippen LogP contribution is -2.09. The molecule has 0 aromatic carbocycles. The first-order valence-corrected chi connectivity index (χ1v) is 4.12. The molecule has 0 rings (SSSR count). The van der Waals surface area contributed by atoms with Crippen molar-refractivity contribution in [2.24, 2.45) is 11.8 Å². The quantitative estimate of drug-likeness (QED) is 0.582. The highest BCUT2D eigenvalue weighted by Gasteiger charge is 2.09. The van der Waals surface area contributed by atoms with E-state index in [4.69, 9.17) is 5.41 Å². The van der Waals surface area contributed by atoms with Crippen LogP contribution < -0.4 is 0 Å². The van der Waals surface area contributed by atoms with Gasteiger partial charge >= 0.3 is 0 Å². The molecule has 0 aliphatic heterocycles. The van der Waals surface area contributed by atoms with Gasteiger partial charge in [-0.1, -0.05) is 27.2 Å². The zero-order valence-corrected chi connectivity index (χ0v) is 7.57. The van der Waals surface area contributed by atoms with E-state index in [1.165, 1.54) is 6.42 Å². The molecule has 0 amide bonds. The molecule has 2 atom stereocenters. The molecule has 1 heteroatoms. The second kappa shape index (κ2) is 4.48. The first kappa shape index (κ1) is 9.67. The van der Waals surface area contributed by atoms with Crippen LogP contribution in [0.25, 0.3) is 0 Å². The monoisotopic (exact) mass is 141 g/mol. The fourth-order valence-corrected chi connectivity index (χ4v) is 1.09. The van der Waals surface area contributed by atoms with Crippen molar-refractivity contribution < 1.29 is 0 Å². The lowest BCUT2D eigenvalue weighted by molar-refractivity contribution is 0.387. The molecule has 2 unspecified atom stereocenters. The van der Waals surface area contributed by atoms with Crippen LogP contribution in [-0.4, -0.2) is 5.71 Å². The topological polar surface area (TPSA) is 23.9 Å². The van der Waals surface area contributed by atoms with Gasteiger partial charge in [-0.2, -0.15) is 0 Å². The van der Waals surface area contributed by atoms with Crippen LogP contribution in [0.15, 0.2) is 0 Å². The molecule has 0 radical (unpaired) electrons. The molecule has 0 aromatic heterocycles. The molecule has 0 aliphatic rings. The summed E-state index contributed by atoms with van der Waals surface area (Å²) in [5.41, 5.74) is 0.813. The van der Waals surface area contributed by atoms with Crippen molar-refractivity contribution in [3.63, 3.8) is 0 Å². The summed E-state index contributed by atoms with van der Waals surface area (Å²) < 4.78 is 0. The average Bonchev–Trinajstić information content (AvgIpc) is 1.85. The highest BCUT2D eigenvalue weighted by Crippen LogP contribution is 2.17. The Morgan fingerprint density at radius 1 is 1.30 bits per heavy atom. The largest absolute Gasteiger partial charge is 0.310 e. The van der Waals surface area contributed by atoms with E-state index in [0.29, 0.717) is 5.92 Å². The Morgan fingerprint density at radius 2 is 1.80 bits per heavy atom. The van der Waals surface area contributed by atoms with Crippen molar-refractivity contribution in [1.29, 1.82) is 5.41 Å². The zero-order valence-electron chi connectivity index (χ0n) is 7.57. The summed E-state index contributed by atoms with van der Waals surface area (Å²) in [6.07, 6.45) is 2.20. The summed E-state index contributed by atoms with van der Waals surface area (Å²) in [5, 5.41) is 7.29. The summed E-state index contributed by atoms with van der Waals surface area (Å²) >= 11 is 0. The molecule has 10 heavy (non-hydrogen) atoms. The minimum absolute atomic E-state index is 0.683. The van der Waals surface area contributed by atoms with Gasteiger partial charge in [-0.05, 0) is 25.2 Å². The van der Waals surface area contributed by atoms with Crippen LogP contribution in [0.1, 0.15) is 40.5 Å². The first-order valence-electron chi connectivity index (χ1n) is 4.12. The van der Waals surface area contributed by atoms with E-state index < -0.39 is 0 Å². The molecule has 60 valence electrons. The van der Waals surface area contributed by atoms with Gasteiger partial charge in [0.2, 0.25) is 0 Å². The van der Waals surface area contributed by atoms with Gasteiger partial charge in [-0.3, -0.25) is 0 Å². The first-order chi connectivity index (χ1) is 4.57. The Morgan fingerprint density at radius 3 is 2.10 bits per heavy atom. The minimum atomic E-state index is 0.683. The summed E-state index contributed by atoms with van der Waals surface area (Å²) in [6.45, 7) is 8.58. The lowest BCUT2D eigenvalue weighted by atomic mass is 9.89. The van der Waals surface area contributed by atoms with Crippen LogP contribution in [0, 0.1) is 17.2 Å². The van der Waals surface area contributed by atoms with E-state index in [-0.39, 0.29) is 0 Å². The van der Waals surface area contributed by atoms with Crippen molar-refractivity contribution >= 4 is 5.71 Å². The molecule has 0 aliphatic carbocycles. The molecule has 1 nitrogen and oxygen atoms in total. The second-order valence-corrected chi connectivity index (χ2v) is 3.35. The molecule has 0 heterocycles. The summed E-state index contributed by atoms with van der Waals surface area (Å²) in [4.78, 5) is 0. The third-order valence-corrected chi connectivity index (χ3v) is 2.24. The van der Waals surface area contributed by atoms with E-state index in [1.54, 1.807) is 0 Å². The Balaban J connectivity index is 3.61. The van der Waals surface area contributed by atoms with Crippen molar-refractivity contribution in [2.75, 3.05) is 0 Å². The maximum atomic E-state index is 7.29. The third kappa shape index (κ3) is 3.65. The van der Waals surface area contributed by atoms with Crippen LogP contribution in [-0.2, 0) is 0 Å². The molecule has 0 saturated heterocycles. The predicted octanol–water partition coefficient (Wildman–Crippen LogP) is 3.10. The fraction of sp³-hybridized carbons (Fsp3) is 0.889. The molecule has 0 saturated carbocycles. The molecule has 1 N–H and O–H groups in total. The Bertz CT molecular complexity index is 107. The van der Waals surface area contributed by atoms with E-state index in [9.17, 15) is 0 Å². The maximum absolute atomic E-state index is 7.29. The summed E-state index contributed by atoms with van der Waals surface area (Å²) in [5.74, 6) is 1.45. The van der Waals surface area contributed by atoms with Gasteiger partial charge in [0.1, 0.15) is 0 Å². The standard InChI is InChI=1S/C9H19N/c1-5-7(2)8(3)6-9(4)10/h7-8,10H,5-6H2,1-4H3. The molecule has 0 fully saturated rings. The van der Waals surface area contributed by atoms with Gasteiger partial charge in [0.05, 0.1) is 0 Å². The Hall–Kier alpha value is -0.330. The van der Waals surface area contributed by atoms with Crippen LogP contribution in [0.4, 0.5) is 0 Å². The molecular weight excluding hydrogens is 122 g/mol. The predicted molar refractivity (Wildman–Crippen MR) is 46.6 cm³/mol. The normalized spacial score (nSPS) is 16.4. The molecule has 0 bridgehead atoms. The summed E-state index contributed by atoms with van der Waals surface area (Å²) in [7, 11) is 0. The fourth-order valence-electron chi connectivity index (χ4n) is 1.09. The van der Waals surface area contributed by atoms with E-state index >= 15 is 0 Å². The van der Waals surface area contributed by atoms with Crippen LogP contribution in [0.3, 0.4) is 0 Å². The van der Waals surface area contributed by atoms with Crippen molar-refractivity contribution in [3.8, 4) is 0 Å². The smallest absolute Gasteiger partial charge is 0.00609 e. The van der Waals surface area contributed by atoms with Gasteiger partial charge in [-0.15, -0.1) is 0 Å². The SMILES string of the molecule is CCC(C)C(C)CC(C)=N. The molecule has 0 spiro atoms.